The van der Waals surface area contributed by atoms with E-state index in [1.54, 1.807) is 23.1 Å². The Morgan fingerprint density at radius 3 is 2.79 bits per heavy atom. The Kier molecular flexibility index (Phi) is 9.38. The maximum absolute atomic E-state index is 13.4. The first-order chi connectivity index (χ1) is 14.0. The van der Waals surface area contributed by atoms with Crippen LogP contribution in [0.25, 0.3) is 6.08 Å². The summed E-state index contributed by atoms with van der Waals surface area (Å²) in [5.41, 5.74) is 0.834. The third-order valence-corrected chi connectivity index (χ3v) is 5.82. The number of hydrogen-bond acceptors (Lipinski definition) is 4. The largest absolute Gasteiger partial charge is 0.355 e. The summed E-state index contributed by atoms with van der Waals surface area (Å²) in [6, 6.07) is 6.02. The molecule has 0 saturated carbocycles. The minimum absolute atomic E-state index is 0.0567. The second-order valence-electron chi connectivity index (χ2n) is 7.04. The molecule has 5 nitrogen and oxygen atoms in total. The van der Waals surface area contributed by atoms with Gasteiger partial charge in [-0.1, -0.05) is 57.0 Å². The van der Waals surface area contributed by atoms with E-state index in [2.05, 4.69) is 24.2 Å². The monoisotopic (exact) mass is 419 g/mol. The van der Waals surface area contributed by atoms with Gasteiger partial charge in [0, 0.05) is 13.1 Å². The average molecular weight is 420 g/mol. The summed E-state index contributed by atoms with van der Waals surface area (Å²) in [5, 5.41) is 3.50. The van der Waals surface area contributed by atoms with Gasteiger partial charge in [-0.15, -0.1) is 0 Å². The average Bonchev–Trinajstić information content (AvgIpc) is 3.01. The number of amides is 2. The van der Waals surface area contributed by atoms with Crippen molar-refractivity contribution < 1.29 is 14.0 Å². The molecule has 0 spiro atoms. The zero-order valence-corrected chi connectivity index (χ0v) is 18.2. The zero-order chi connectivity index (χ0) is 21.2. The Hall–Kier alpha value is -2.15. The molecule has 158 valence electrons. The summed E-state index contributed by atoms with van der Waals surface area (Å²) in [6.07, 6.45) is 6.08. The highest BCUT2D eigenvalue weighted by atomic mass is 32.2. The van der Waals surface area contributed by atoms with Crippen molar-refractivity contribution in [2.75, 3.05) is 18.8 Å². The lowest BCUT2D eigenvalue weighted by molar-refractivity contribution is -0.122. The number of carbonyl (C=O) groups excluding carboxylic acids is 2. The van der Waals surface area contributed by atoms with Crippen LogP contribution < -0.4 is 5.32 Å². The number of amidine groups is 1. The number of likely N-dealkylation sites (N-methyl/N-ethyl adjacent to an activating group) is 1. The highest BCUT2D eigenvalue weighted by molar-refractivity contribution is 8.14. The van der Waals surface area contributed by atoms with Crippen molar-refractivity contribution in [2.45, 2.75) is 46.5 Å². The zero-order valence-electron chi connectivity index (χ0n) is 17.4. The molecular weight excluding hydrogens is 389 g/mol. The molecule has 1 heterocycles. The molecule has 0 unspecified atom stereocenters. The first-order valence-corrected chi connectivity index (χ1v) is 11.2. The van der Waals surface area contributed by atoms with E-state index in [-0.39, 0.29) is 29.1 Å². The molecule has 0 aromatic heterocycles. The molecule has 0 saturated heterocycles. The summed E-state index contributed by atoms with van der Waals surface area (Å²) >= 11 is 1.25. The van der Waals surface area contributed by atoms with Crippen LogP contribution >= 0.6 is 11.8 Å². The maximum Gasteiger partial charge on any atom is 0.278 e. The van der Waals surface area contributed by atoms with E-state index in [9.17, 15) is 14.0 Å². The number of benzene rings is 1. The van der Waals surface area contributed by atoms with Crippen molar-refractivity contribution in [1.29, 1.82) is 0 Å². The molecular formula is C22H30FN3O2S. The Bertz CT molecular complexity index is 779. The number of nitrogens with one attached hydrogen (secondary N) is 1. The highest BCUT2D eigenvalue weighted by Crippen LogP contribution is 2.24. The van der Waals surface area contributed by atoms with Gasteiger partial charge in [-0.25, -0.2) is 9.38 Å². The lowest BCUT2D eigenvalue weighted by atomic mass is 9.99. The smallest absolute Gasteiger partial charge is 0.278 e. The Balaban J connectivity index is 1.96. The lowest BCUT2D eigenvalue weighted by Crippen LogP contribution is -2.33. The van der Waals surface area contributed by atoms with E-state index in [1.165, 1.54) is 30.3 Å². The van der Waals surface area contributed by atoms with Crippen molar-refractivity contribution in [2.24, 2.45) is 10.9 Å². The van der Waals surface area contributed by atoms with E-state index >= 15 is 0 Å². The van der Waals surface area contributed by atoms with Crippen molar-refractivity contribution in [1.82, 2.24) is 10.2 Å². The van der Waals surface area contributed by atoms with Crippen molar-refractivity contribution in [3.05, 3.63) is 41.3 Å². The second-order valence-corrected chi connectivity index (χ2v) is 7.98. The third kappa shape index (κ3) is 6.99. The Morgan fingerprint density at radius 1 is 1.34 bits per heavy atom. The molecule has 1 aromatic rings. The third-order valence-electron chi connectivity index (χ3n) is 4.84. The summed E-state index contributed by atoms with van der Waals surface area (Å²) in [7, 11) is 0. The minimum atomic E-state index is -0.364. The number of aliphatic imine (C=N–C) groups is 1. The number of unbranched alkanes of at least 4 members (excludes halogenated alkanes) is 1. The fourth-order valence-electron chi connectivity index (χ4n) is 3.06. The number of hydrogen-bond donors (Lipinski definition) is 1. The van der Waals surface area contributed by atoms with Crippen LogP contribution in [0.4, 0.5) is 4.39 Å². The van der Waals surface area contributed by atoms with Gasteiger partial charge >= 0.3 is 0 Å². The van der Waals surface area contributed by atoms with Gasteiger partial charge in [0.05, 0.1) is 5.75 Å². The van der Waals surface area contributed by atoms with Crippen LogP contribution in [0.3, 0.4) is 0 Å². The maximum atomic E-state index is 13.4. The molecule has 1 aliphatic heterocycles. The van der Waals surface area contributed by atoms with Gasteiger partial charge < -0.3 is 5.32 Å². The van der Waals surface area contributed by atoms with E-state index in [1.807, 2.05) is 6.92 Å². The number of carbonyl (C=O) groups is 2. The van der Waals surface area contributed by atoms with Crippen LogP contribution in [0.15, 0.2) is 35.0 Å². The van der Waals surface area contributed by atoms with Crippen molar-refractivity contribution >= 4 is 34.8 Å². The molecule has 1 aromatic carbocycles. The van der Waals surface area contributed by atoms with E-state index in [0.29, 0.717) is 29.7 Å². The fraction of sp³-hybridized carbons (Fsp3) is 0.500. The number of thioether (sulfide) groups is 1. The molecule has 0 fully saturated rings. The van der Waals surface area contributed by atoms with Crippen molar-refractivity contribution in [3.8, 4) is 0 Å². The molecule has 0 radical (unpaired) electrons. The van der Waals surface area contributed by atoms with Crippen LogP contribution in [0, 0.1) is 11.7 Å². The van der Waals surface area contributed by atoms with Crippen molar-refractivity contribution in [3.63, 3.8) is 0 Å². The first-order valence-electron chi connectivity index (χ1n) is 10.3. The summed E-state index contributed by atoms with van der Waals surface area (Å²) in [4.78, 5) is 30.7. The lowest BCUT2D eigenvalue weighted by Gasteiger charge is -2.16. The Morgan fingerprint density at radius 2 is 2.14 bits per heavy atom. The Labute approximate surface area is 176 Å². The quantitative estimate of drug-likeness (QED) is 0.570. The molecule has 1 aliphatic rings. The molecule has 0 bridgehead atoms. The van der Waals surface area contributed by atoms with Gasteiger partial charge in [-0.05, 0) is 43.0 Å². The molecule has 1 N–H and O–H groups in total. The van der Waals surface area contributed by atoms with Gasteiger partial charge in [-0.3, -0.25) is 14.5 Å². The molecule has 0 aliphatic carbocycles. The normalized spacial score (nSPS) is 16.3. The molecule has 29 heavy (non-hydrogen) atoms. The predicted octanol–water partition coefficient (Wildman–Crippen LogP) is 4.45. The second kappa shape index (κ2) is 11.8. The number of nitrogens with zero attached hydrogens (tertiary/aromatic N) is 2. The van der Waals surface area contributed by atoms with E-state index in [0.717, 1.165) is 19.3 Å². The number of halogens is 1. The molecule has 2 amide bonds. The van der Waals surface area contributed by atoms with Crippen LogP contribution in [-0.4, -0.2) is 40.7 Å². The van der Waals surface area contributed by atoms with Gasteiger partial charge in [0.15, 0.2) is 5.17 Å². The molecule has 1 atom stereocenters. The summed E-state index contributed by atoms with van der Waals surface area (Å²) in [5.74, 6) is 0.0584. The van der Waals surface area contributed by atoms with Crippen LogP contribution in [-0.2, 0) is 9.59 Å². The SMILES string of the molecule is CCCC[C@@H](CC)CNC(=O)CSC1=N/C(=C/c2cccc(F)c2)C(=O)N1CC. The van der Waals surface area contributed by atoms with Crippen LogP contribution in [0.2, 0.25) is 0 Å². The van der Waals surface area contributed by atoms with Gasteiger partial charge in [0.2, 0.25) is 5.91 Å². The van der Waals surface area contributed by atoms with Crippen LogP contribution in [0.5, 0.6) is 0 Å². The van der Waals surface area contributed by atoms with E-state index in [4.69, 9.17) is 0 Å². The molecule has 7 heteroatoms. The molecule has 2 rings (SSSR count). The van der Waals surface area contributed by atoms with Crippen LogP contribution in [0.1, 0.15) is 52.0 Å². The fourth-order valence-corrected chi connectivity index (χ4v) is 3.95. The van der Waals surface area contributed by atoms with E-state index < -0.39 is 0 Å². The topological polar surface area (TPSA) is 61.8 Å². The summed E-state index contributed by atoms with van der Waals surface area (Å²) < 4.78 is 13.4. The number of rotatable bonds is 10. The summed E-state index contributed by atoms with van der Waals surface area (Å²) in [6.45, 7) is 7.32. The minimum Gasteiger partial charge on any atom is -0.355 e. The van der Waals surface area contributed by atoms with Gasteiger partial charge in [0.25, 0.3) is 5.91 Å². The first kappa shape index (κ1) is 23.1. The highest BCUT2D eigenvalue weighted by Gasteiger charge is 2.29. The standard InChI is InChI=1S/C22H30FN3O2S/c1-4-7-9-16(5-2)14-24-20(27)15-29-22-25-19(21(28)26(22)6-3)13-17-10-8-11-18(23)12-17/h8,10-13,16H,4-7,9,14-15H2,1-3H3,(H,24,27)/b19-13+/t16-/m1/s1. The van der Waals surface area contributed by atoms with Gasteiger partial charge in [-0.2, -0.15) is 0 Å². The van der Waals surface area contributed by atoms with Gasteiger partial charge in [0.1, 0.15) is 11.5 Å². The predicted molar refractivity (Wildman–Crippen MR) is 118 cm³/mol.